The number of carbonyl (C=O) groups is 1. The maximum Gasteiger partial charge on any atom is 0.451 e. The van der Waals surface area contributed by atoms with Gasteiger partial charge in [-0.1, -0.05) is 0 Å². The molecule has 0 fully saturated rings. The summed E-state index contributed by atoms with van der Waals surface area (Å²) >= 11 is 0. The van der Waals surface area contributed by atoms with Crippen LogP contribution in [-0.4, -0.2) is 21.0 Å². The fourth-order valence-electron chi connectivity index (χ4n) is 0.829. The average molecular weight is 260 g/mol. The van der Waals surface area contributed by atoms with Crippen LogP contribution in [0.15, 0.2) is 6.07 Å². The molecule has 94 valence electrons. The molecule has 1 aromatic heterocycles. The summed E-state index contributed by atoms with van der Waals surface area (Å²) in [6.07, 6.45) is -10.4. The normalized spacial score (nSPS) is 12.6. The molecular formula is C7H2F6N2O2. The smallest absolute Gasteiger partial charge is 0.451 e. The first kappa shape index (κ1) is 13.2. The van der Waals surface area contributed by atoms with Gasteiger partial charge in [-0.05, 0) is 0 Å². The average Bonchev–Trinajstić information content (AvgIpc) is 2.14. The van der Waals surface area contributed by atoms with Crippen LogP contribution < -0.4 is 0 Å². The maximum absolute atomic E-state index is 12.1. The Balaban J connectivity index is 3.45. The Hall–Kier alpha value is -1.87. The van der Waals surface area contributed by atoms with E-state index in [1.165, 1.54) is 0 Å². The predicted octanol–water partition coefficient (Wildman–Crippen LogP) is 2.21. The van der Waals surface area contributed by atoms with Crippen LogP contribution in [0, 0.1) is 0 Å². The van der Waals surface area contributed by atoms with E-state index in [2.05, 4.69) is 9.97 Å². The van der Waals surface area contributed by atoms with Crippen molar-refractivity contribution in [3.05, 3.63) is 23.3 Å². The van der Waals surface area contributed by atoms with Gasteiger partial charge >= 0.3 is 18.3 Å². The monoisotopic (exact) mass is 260 g/mol. The zero-order valence-electron chi connectivity index (χ0n) is 7.60. The molecule has 0 atom stereocenters. The predicted molar refractivity (Wildman–Crippen MR) is 39.0 cm³/mol. The van der Waals surface area contributed by atoms with Crippen molar-refractivity contribution in [2.45, 2.75) is 12.4 Å². The minimum atomic E-state index is -5.26. The van der Waals surface area contributed by atoms with Crippen LogP contribution in [0.2, 0.25) is 0 Å². The standard InChI is InChI=1S/C7H2F6N2O2/c8-6(9,10)3-1-2(4(16)17)14-5(15-3)7(11,12)13/h1H,(H,16,17). The third-order valence-electron chi connectivity index (χ3n) is 1.49. The molecule has 4 nitrogen and oxygen atoms in total. The minimum Gasteiger partial charge on any atom is -0.477 e. The number of halogens is 6. The van der Waals surface area contributed by atoms with E-state index in [0.717, 1.165) is 0 Å². The summed E-state index contributed by atoms with van der Waals surface area (Å²) in [4.78, 5) is 15.1. The lowest BCUT2D eigenvalue weighted by atomic mass is 10.3. The van der Waals surface area contributed by atoms with E-state index < -0.39 is 35.5 Å². The van der Waals surface area contributed by atoms with E-state index >= 15 is 0 Å². The van der Waals surface area contributed by atoms with E-state index in [9.17, 15) is 31.1 Å². The number of aromatic carboxylic acids is 1. The fraction of sp³-hybridized carbons (Fsp3) is 0.286. The first-order valence-corrected chi connectivity index (χ1v) is 3.78. The van der Waals surface area contributed by atoms with Crippen LogP contribution in [0.1, 0.15) is 22.0 Å². The van der Waals surface area contributed by atoms with Gasteiger partial charge in [0.05, 0.1) is 0 Å². The molecule has 0 aliphatic heterocycles. The van der Waals surface area contributed by atoms with Gasteiger partial charge in [-0.3, -0.25) is 0 Å². The minimum absolute atomic E-state index is 0.0719. The van der Waals surface area contributed by atoms with E-state index in [1.54, 1.807) is 0 Å². The number of nitrogens with zero attached hydrogens (tertiary/aromatic N) is 2. The summed E-state index contributed by atoms with van der Waals surface area (Å²) in [6, 6.07) is -0.0719. The molecule has 1 rings (SSSR count). The Labute approximate surface area is 88.9 Å². The molecule has 17 heavy (non-hydrogen) atoms. The van der Waals surface area contributed by atoms with Crippen molar-refractivity contribution in [2.75, 3.05) is 0 Å². The number of hydrogen-bond acceptors (Lipinski definition) is 3. The number of hydrogen-bond donors (Lipinski definition) is 1. The second-order valence-electron chi connectivity index (χ2n) is 2.76. The zero-order chi connectivity index (χ0) is 13.4. The first-order chi connectivity index (χ1) is 7.51. The van der Waals surface area contributed by atoms with Gasteiger partial charge in [-0.2, -0.15) is 26.3 Å². The van der Waals surface area contributed by atoms with E-state index in [4.69, 9.17) is 5.11 Å². The molecule has 0 saturated heterocycles. The maximum atomic E-state index is 12.1. The molecule has 0 aliphatic rings. The van der Waals surface area contributed by atoms with Gasteiger partial charge in [0, 0.05) is 6.07 Å². The Morgan fingerprint density at radius 1 is 1.06 bits per heavy atom. The summed E-state index contributed by atoms with van der Waals surface area (Å²) < 4.78 is 72.8. The number of carboxylic acid groups (broad SMARTS) is 1. The molecule has 0 aliphatic carbocycles. The molecule has 0 saturated carbocycles. The van der Waals surface area contributed by atoms with Crippen molar-refractivity contribution in [3.8, 4) is 0 Å². The summed E-state index contributed by atoms with van der Waals surface area (Å²) in [5.41, 5.74) is -3.34. The lowest BCUT2D eigenvalue weighted by Crippen LogP contribution is -2.19. The lowest BCUT2D eigenvalue weighted by Gasteiger charge is -2.10. The molecule has 0 spiro atoms. The Bertz CT molecular complexity index is 420. The van der Waals surface area contributed by atoms with Crippen molar-refractivity contribution >= 4 is 5.97 Å². The van der Waals surface area contributed by atoms with Crippen molar-refractivity contribution in [3.63, 3.8) is 0 Å². The van der Waals surface area contributed by atoms with Gasteiger partial charge in [0.2, 0.25) is 5.82 Å². The summed E-state index contributed by atoms with van der Waals surface area (Å²) in [6.45, 7) is 0. The highest BCUT2D eigenvalue weighted by atomic mass is 19.4. The summed E-state index contributed by atoms with van der Waals surface area (Å²) in [5.74, 6) is -4.16. The van der Waals surface area contributed by atoms with Crippen molar-refractivity contribution in [1.82, 2.24) is 9.97 Å². The van der Waals surface area contributed by atoms with E-state index in [1.807, 2.05) is 0 Å². The van der Waals surface area contributed by atoms with Crippen LogP contribution in [-0.2, 0) is 12.4 Å². The molecule has 1 aromatic rings. The third kappa shape index (κ3) is 3.04. The topological polar surface area (TPSA) is 63.1 Å². The molecule has 0 aromatic carbocycles. The largest absolute Gasteiger partial charge is 0.477 e. The number of alkyl halides is 6. The molecule has 10 heteroatoms. The second-order valence-corrected chi connectivity index (χ2v) is 2.76. The molecule has 0 radical (unpaired) electrons. The van der Waals surface area contributed by atoms with Crippen LogP contribution in [0.4, 0.5) is 26.3 Å². The summed E-state index contributed by atoms with van der Waals surface area (Å²) in [7, 11) is 0. The van der Waals surface area contributed by atoms with E-state index in [0.29, 0.717) is 0 Å². The Kier molecular flexibility index (Phi) is 2.99. The highest BCUT2D eigenvalue weighted by Crippen LogP contribution is 2.32. The quantitative estimate of drug-likeness (QED) is 0.786. The van der Waals surface area contributed by atoms with Crippen molar-refractivity contribution in [1.29, 1.82) is 0 Å². The highest BCUT2D eigenvalue weighted by Gasteiger charge is 2.40. The fourth-order valence-corrected chi connectivity index (χ4v) is 0.829. The SMILES string of the molecule is O=C(O)c1cc(C(F)(F)F)nc(C(F)(F)F)n1. The van der Waals surface area contributed by atoms with Crippen molar-refractivity contribution < 1.29 is 36.2 Å². The van der Waals surface area contributed by atoms with Gasteiger partial charge in [0.25, 0.3) is 0 Å². The number of aromatic nitrogens is 2. The second kappa shape index (κ2) is 3.86. The molecule has 1 N–H and O–H groups in total. The zero-order valence-corrected chi connectivity index (χ0v) is 7.60. The highest BCUT2D eigenvalue weighted by molar-refractivity contribution is 5.85. The third-order valence-corrected chi connectivity index (χ3v) is 1.49. The van der Waals surface area contributed by atoms with Crippen molar-refractivity contribution in [2.24, 2.45) is 0 Å². The van der Waals surface area contributed by atoms with Gasteiger partial charge < -0.3 is 5.11 Å². The van der Waals surface area contributed by atoms with Gasteiger partial charge in [-0.25, -0.2) is 14.8 Å². The Morgan fingerprint density at radius 2 is 1.59 bits per heavy atom. The first-order valence-electron chi connectivity index (χ1n) is 3.78. The van der Waals surface area contributed by atoms with Crippen LogP contribution in [0.25, 0.3) is 0 Å². The number of carboxylic acids is 1. The van der Waals surface area contributed by atoms with Gasteiger partial charge in [0.1, 0.15) is 5.69 Å². The van der Waals surface area contributed by atoms with Crippen LogP contribution in [0.3, 0.4) is 0 Å². The summed E-state index contributed by atoms with van der Waals surface area (Å²) in [5, 5.41) is 8.34. The van der Waals surface area contributed by atoms with E-state index in [-0.39, 0.29) is 6.07 Å². The molecule has 1 heterocycles. The number of rotatable bonds is 1. The van der Waals surface area contributed by atoms with Crippen LogP contribution in [0.5, 0.6) is 0 Å². The lowest BCUT2D eigenvalue weighted by molar-refractivity contribution is -0.152. The molecule has 0 amide bonds. The Morgan fingerprint density at radius 3 is 1.94 bits per heavy atom. The molecule has 0 unspecified atom stereocenters. The van der Waals surface area contributed by atoms with Gasteiger partial charge in [-0.15, -0.1) is 0 Å². The van der Waals surface area contributed by atoms with Gasteiger partial charge in [0.15, 0.2) is 5.69 Å². The molecule has 0 bridgehead atoms. The molecular weight excluding hydrogens is 258 g/mol. The van der Waals surface area contributed by atoms with Crippen LogP contribution >= 0.6 is 0 Å².